The fourth-order valence-electron chi connectivity index (χ4n) is 3.80. The number of aryl methyl sites for hydroxylation is 2. The van der Waals surface area contributed by atoms with Gasteiger partial charge in [-0.1, -0.05) is 30.3 Å². The Labute approximate surface area is 113 Å². The molecule has 2 aromatic carbocycles. The monoisotopic (exact) mass is 253 g/mol. The summed E-state index contributed by atoms with van der Waals surface area (Å²) in [5.74, 6) is 0.283. The third-order valence-electron chi connectivity index (χ3n) is 4.76. The molecule has 0 bridgehead atoms. The van der Waals surface area contributed by atoms with Crippen LogP contribution in [0, 0.1) is 0 Å². The largest absolute Gasteiger partial charge is 0.391 e. The number of rotatable bonds is 1. The molecule has 1 saturated heterocycles. The number of hydrogen-bond acceptors (Lipinski definition) is 2. The van der Waals surface area contributed by atoms with Crippen molar-refractivity contribution in [3.8, 4) is 0 Å². The Balaban J connectivity index is 1.91. The van der Waals surface area contributed by atoms with Crippen LogP contribution in [0.4, 0.5) is 0 Å². The average Bonchev–Trinajstić information content (AvgIpc) is 2.86. The Bertz CT molecular complexity index is 624. The molecule has 0 spiro atoms. The summed E-state index contributed by atoms with van der Waals surface area (Å²) in [4.78, 5) is 0. The first-order chi connectivity index (χ1) is 9.34. The smallest absolute Gasteiger partial charge is 0.0733 e. The molecule has 2 N–H and O–H groups in total. The van der Waals surface area contributed by atoms with Crippen LogP contribution < -0.4 is 5.32 Å². The second kappa shape index (κ2) is 4.32. The number of aliphatic hydroxyl groups excluding tert-OH is 1. The first-order valence-corrected chi connectivity index (χ1v) is 7.27. The molecule has 98 valence electrons. The predicted molar refractivity (Wildman–Crippen MR) is 77.6 cm³/mol. The highest BCUT2D eigenvalue weighted by Gasteiger charge is 2.27. The molecule has 0 radical (unpaired) electrons. The first kappa shape index (κ1) is 11.4. The van der Waals surface area contributed by atoms with E-state index in [1.807, 2.05) is 0 Å². The highest BCUT2D eigenvalue weighted by Crippen LogP contribution is 2.37. The fraction of sp³-hybridized carbons (Fsp3) is 0.412. The molecule has 4 rings (SSSR count). The van der Waals surface area contributed by atoms with Crippen molar-refractivity contribution in [3.63, 3.8) is 0 Å². The van der Waals surface area contributed by atoms with Gasteiger partial charge in [0.25, 0.3) is 0 Å². The molecule has 2 aliphatic rings. The van der Waals surface area contributed by atoms with E-state index in [0.29, 0.717) is 6.54 Å². The summed E-state index contributed by atoms with van der Waals surface area (Å²) in [5, 5.41) is 16.4. The molecule has 0 aromatic heterocycles. The summed E-state index contributed by atoms with van der Waals surface area (Å²) in [6.45, 7) is 1.72. The summed E-state index contributed by atoms with van der Waals surface area (Å²) in [5.41, 5.74) is 4.31. The molecular formula is C17H19NO. The van der Waals surface area contributed by atoms with Crippen molar-refractivity contribution in [2.75, 3.05) is 13.1 Å². The highest BCUT2D eigenvalue weighted by atomic mass is 16.3. The second-order valence-corrected chi connectivity index (χ2v) is 5.82. The maximum absolute atomic E-state index is 10.3. The van der Waals surface area contributed by atoms with Gasteiger partial charge in [0, 0.05) is 12.5 Å². The van der Waals surface area contributed by atoms with E-state index >= 15 is 0 Å². The molecule has 1 aliphatic carbocycles. The molecule has 0 amide bonds. The van der Waals surface area contributed by atoms with E-state index in [1.54, 1.807) is 0 Å². The van der Waals surface area contributed by atoms with Crippen molar-refractivity contribution in [2.24, 2.45) is 0 Å². The van der Waals surface area contributed by atoms with Crippen LogP contribution >= 0.6 is 0 Å². The number of piperidine rings is 1. The van der Waals surface area contributed by atoms with E-state index in [9.17, 15) is 5.11 Å². The minimum absolute atomic E-state index is 0.257. The lowest BCUT2D eigenvalue weighted by Gasteiger charge is -2.29. The first-order valence-electron chi connectivity index (χ1n) is 7.27. The average molecular weight is 253 g/mol. The molecule has 2 nitrogen and oxygen atoms in total. The zero-order chi connectivity index (χ0) is 12.8. The van der Waals surface area contributed by atoms with Gasteiger partial charge in [0.1, 0.15) is 0 Å². The molecular weight excluding hydrogens is 234 g/mol. The van der Waals surface area contributed by atoms with Gasteiger partial charge in [0.15, 0.2) is 0 Å². The molecule has 1 heterocycles. The lowest BCUT2D eigenvalue weighted by Crippen LogP contribution is -2.39. The van der Waals surface area contributed by atoms with E-state index in [0.717, 1.165) is 13.0 Å². The van der Waals surface area contributed by atoms with E-state index in [2.05, 4.69) is 35.6 Å². The Kier molecular flexibility index (Phi) is 2.61. The van der Waals surface area contributed by atoms with Gasteiger partial charge in [-0.2, -0.15) is 0 Å². The van der Waals surface area contributed by atoms with Crippen LogP contribution in [0.1, 0.15) is 29.0 Å². The van der Waals surface area contributed by atoms with Crippen LogP contribution in [0.5, 0.6) is 0 Å². The van der Waals surface area contributed by atoms with E-state index in [-0.39, 0.29) is 12.0 Å². The number of hydrogen-bond donors (Lipinski definition) is 2. The third kappa shape index (κ3) is 1.71. The third-order valence-corrected chi connectivity index (χ3v) is 4.76. The lowest BCUT2D eigenvalue weighted by molar-refractivity contribution is 0.119. The van der Waals surface area contributed by atoms with Gasteiger partial charge in [0.2, 0.25) is 0 Å². The predicted octanol–water partition coefficient (Wildman–Crippen LogP) is 2.38. The number of β-amino-alcohol motifs (C(OH)–C–C–N with tert-alkyl or cyclic N) is 1. The topological polar surface area (TPSA) is 32.3 Å². The fourth-order valence-corrected chi connectivity index (χ4v) is 3.80. The minimum atomic E-state index is -0.257. The van der Waals surface area contributed by atoms with Gasteiger partial charge in [-0.3, -0.25) is 0 Å². The van der Waals surface area contributed by atoms with Gasteiger partial charge >= 0.3 is 0 Å². The summed E-state index contributed by atoms with van der Waals surface area (Å²) < 4.78 is 0. The lowest BCUT2D eigenvalue weighted by atomic mass is 9.84. The summed E-state index contributed by atoms with van der Waals surface area (Å²) in [7, 11) is 0. The quantitative estimate of drug-likeness (QED) is 0.818. The van der Waals surface area contributed by atoms with Gasteiger partial charge in [0.05, 0.1) is 6.10 Å². The summed E-state index contributed by atoms with van der Waals surface area (Å²) >= 11 is 0. The standard InChI is InChI=1S/C17H19NO/c19-16-10-18-9-8-14(16)13-7-6-12-5-4-11-2-1-3-15(13)17(11)12/h1-3,6-7,14,16,18-19H,4-5,8-10H2. The summed E-state index contributed by atoms with van der Waals surface area (Å²) in [6, 6.07) is 11.2. The molecule has 19 heavy (non-hydrogen) atoms. The SMILES string of the molecule is OC1CNCCC1c1ccc2c3c(cccc13)CC2. The molecule has 2 aromatic rings. The molecule has 1 fully saturated rings. The van der Waals surface area contributed by atoms with Gasteiger partial charge in [-0.15, -0.1) is 0 Å². The zero-order valence-electron chi connectivity index (χ0n) is 11.0. The second-order valence-electron chi connectivity index (χ2n) is 5.82. The Morgan fingerprint density at radius 1 is 1.05 bits per heavy atom. The molecule has 1 aliphatic heterocycles. The van der Waals surface area contributed by atoms with E-state index in [4.69, 9.17) is 0 Å². The molecule has 2 atom stereocenters. The van der Waals surface area contributed by atoms with Crippen molar-refractivity contribution >= 4 is 10.8 Å². The van der Waals surface area contributed by atoms with Crippen molar-refractivity contribution in [3.05, 3.63) is 47.0 Å². The number of aliphatic hydroxyl groups is 1. The molecule has 0 saturated carbocycles. The van der Waals surface area contributed by atoms with E-state index in [1.165, 1.54) is 40.3 Å². The zero-order valence-corrected chi connectivity index (χ0v) is 11.0. The van der Waals surface area contributed by atoms with Crippen molar-refractivity contribution in [2.45, 2.75) is 31.3 Å². The van der Waals surface area contributed by atoms with Crippen molar-refractivity contribution in [1.82, 2.24) is 5.32 Å². The van der Waals surface area contributed by atoms with Crippen molar-refractivity contribution in [1.29, 1.82) is 0 Å². The van der Waals surface area contributed by atoms with E-state index < -0.39 is 0 Å². The number of nitrogens with one attached hydrogen (secondary N) is 1. The Morgan fingerprint density at radius 2 is 1.89 bits per heavy atom. The normalized spacial score (nSPS) is 25.9. The van der Waals surface area contributed by atoms with Gasteiger partial charge < -0.3 is 10.4 Å². The molecule has 2 unspecified atom stereocenters. The maximum atomic E-state index is 10.3. The van der Waals surface area contributed by atoms with Gasteiger partial charge in [-0.05, 0) is 53.3 Å². The minimum Gasteiger partial charge on any atom is -0.391 e. The Hall–Kier alpha value is -1.38. The van der Waals surface area contributed by atoms with Crippen LogP contribution in [0.3, 0.4) is 0 Å². The Morgan fingerprint density at radius 3 is 2.74 bits per heavy atom. The van der Waals surface area contributed by atoms with Crippen LogP contribution in [0.15, 0.2) is 30.3 Å². The van der Waals surface area contributed by atoms with Crippen LogP contribution in [-0.2, 0) is 12.8 Å². The number of benzene rings is 2. The van der Waals surface area contributed by atoms with Crippen molar-refractivity contribution < 1.29 is 5.11 Å². The van der Waals surface area contributed by atoms with Crippen LogP contribution in [-0.4, -0.2) is 24.3 Å². The van der Waals surface area contributed by atoms with Crippen LogP contribution in [0.25, 0.3) is 10.8 Å². The highest BCUT2D eigenvalue weighted by molar-refractivity contribution is 5.93. The van der Waals surface area contributed by atoms with Crippen LogP contribution in [0.2, 0.25) is 0 Å². The summed E-state index contributed by atoms with van der Waals surface area (Å²) in [6.07, 6.45) is 3.11. The maximum Gasteiger partial charge on any atom is 0.0733 e. The van der Waals surface area contributed by atoms with Gasteiger partial charge in [-0.25, -0.2) is 0 Å². The molecule has 2 heteroatoms.